The van der Waals surface area contributed by atoms with Crippen molar-refractivity contribution < 1.29 is 0 Å². The van der Waals surface area contributed by atoms with E-state index in [1.165, 1.54) is 31.4 Å². The summed E-state index contributed by atoms with van der Waals surface area (Å²) in [7, 11) is 0. The average Bonchev–Trinajstić information content (AvgIpc) is 2.93. The summed E-state index contributed by atoms with van der Waals surface area (Å²) in [4.78, 5) is 11.7. The van der Waals surface area contributed by atoms with E-state index in [0.717, 1.165) is 37.8 Å². The quantitative estimate of drug-likeness (QED) is 0.864. The van der Waals surface area contributed by atoms with Gasteiger partial charge in [-0.15, -0.1) is 0 Å². The zero-order valence-electron chi connectivity index (χ0n) is 11.2. The van der Waals surface area contributed by atoms with Gasteiger partial charge in [0.2, 0.25) is 5.95 Å². The lowest BCUT2D eigenvalue weighted by Gasteiger charge is -2.28. The lowest BCUT2D eigenvalue weighted by molar-refractivity contribution is 0.575. The second-order valence-electron chi connectivity index (χ2n) is 5.45. The third kappa shape index (κ3) is 2.48. The standard InChI is InChI=1S/C14H22N4/c1-11-10-13(12-4-2-3-5-12)17-14(16-11)18-8-6-15-7-9-18/h10,12,15H,2-9H2,1H3. The number of aromatic nitrogens is 2. The van der Waals surface area contributed by atoms with Crippen molar-refractivity contribution >= 4 is 5.95 Å². The minimum atomic E-state index is 0.674. The Hall–Kier alpha value is -1.16. The molecule has 0 spiro atoms. The Morgan fingerprint density at radius 1 is 1.17 bits per heavy atom. The first kappa shape index (κ1) is 11.9. The molecular weight excluding hydrogens is 224 g/mol. The maximum Gasteiger partial charge on any atom is 0.225 e. The molecule has 0 amide bonds. The Morgan fingerprint density at radius 3 is 2.61 bits per heavy atom. The summed E-state index contributed by atoms with van der Waals surface area (Å²) in [5.74, 6) is 1.62. The first-order valence-electron chi connectivity index (χ1n) is 7.14. The molecule has 2 aliphatic rings. The van der Waals surface area contributed by atoms with Crippen molar-refractivity contribution in [1.29, 1.82) is 0 Å². The molecule has 1 aliphatic carbocycles. The SMILES string of the molecule is Cc1cc(C2CCCC2)nc(N2CCNCC2)n1. The molecule has 0 radical (unpaired) electrons. The van der Waals surface area contributed by atoms with E-state index < -0.39 is 0 Å². The van der Waals surface area contributed by atoms with Gasteiger partial charge in [-0.2, -0.15) is 0 Å². The highest BCUT2D eigenvalue weighted by Gasteiger charge is 2.21. The molecule has 0 unspecified atom stereocenters. The van der Waals surface area contributed by atoms with Crippen LogP contribution in [-0.4, -0.2) is 36.1 Å². The number of anilines is 1. The maximum atomic E-state index is 4.83. The van der Waals surface area contributed by atoms with Gasteiger partial charge in [0, 0.05) is 43.5 Å². The van der Waals surface area contributed by atoms with Gasteiger partial charge in [0.15, 0.2) is 0 Å². The van der Waals surface area contributed by atoms with Crippen LogP contribution in [0, 0.1) is 6.92 Å². The molecular formula is C14H22N4. The summed E-state index contributed by atoms with van der Waals surface area (Å²) in [6.07, 6.45) is 5.32. The number of piperazine rings is 1. The van der Waals surface area contributed by atoms with Gasteiger partial charge in [0.25, 0.3) is 0 Å². The Kier molecular flexibility index (Phi) is 3.46. The minimum absolute atomic E-state index is 0.674. The summed E-state index contributed by atoms with van der Waals surface area (Å²) < 4.78 is 0. The van der Waals surface area contributed by atoms with Gasteiger partial charge < -0.3 is 10.2 Å². The highest BCUT2D eigenvalue weighted by Crippen LogP contribution is 2.33. The highest BCUT2D eigenvalue weighted by molar-refractivity contribution is 5.34. The van der Waals surface area contributed by atoms with E-state index in [1.807, 2.05) is 0 Å². The summed E-state index contributed by atoms with van der Waals surface area (Å²) >= 11 is 0. The molecule has 0 aromatic carbocycles. The Balaban J connectivity index is 1.84. The summed E-state index contributed by atoms with van der Waals surface area (Å²) in [5.41, 5.74) is 2.38. The van der Waals surface area contributed by atoms with Gasteiger partial charge in [0.1, 0.15) is 0 Å². The molecule has 0 bridgehead atoms. The van der Waals surface area contributed by atoms with Crippen molar-refractivity contribution in [3.8, 4) is 0 Å². The molecule has 98 valence electrons. The lowest BCUT2D eigenvalue weighted by Crippen LogP contribution is -2.44. The molecule has 4 heteroatoms. The van der Waals surface area contributed by atoms with Gasteiger partial charge in [-0.3, -0.25) is 0 Å². The van der Waals surface area contributed by atoms with Crippen LogP contribution in [-0.2, 0) is 0 Å². The average molecular weight is 246 g/mol. The van der Waals surface area contributed by atoms with E-state index >= 15 is 0 Å². The van der Waals surface area contributed by atoms with Crippen LogP contribution in [0.3, 0.4) is 0 Å². The summed E-state index contributed by atoms with van der Waals surface area (Å²) in [6.45, 7) is 6.21. The fourth-order valence-electron chi connectivity index (χ4n) is 3.01. The predicted octanol–water partition coefficient (Wildman–Crippen LogP) is 1.85. The third-order valence-electron chi connectivity index (χ3n) is 4.04. The minimum Gasteiger partial charge on any atom is -0.338 e. The Labute approximate surface area is 109 Å². The van der Waals surface area contributed by atoms with Crippen LogP contribution in [0.1, 0.15) is 43.0 Å². The molecule has 18 heavy (non-hydrogen) atoms. The van der Waals surface area contributed by atoms with Gasteiger partial charge >= 0.3 is 0 Å². The van der Waals surface area contributed by atoms with E-state index in [-0.39, 0.29) is 0 Å². The second-order valence-corrected chi connectivity index (χ2v) is 5.45. The monoisotopic (exact) mass is 246 g/mol. The van der Waals surface area contributed by atoms with Crippen LogP contribution in [0.4, 0.5) is 5.95 Å². The molecule has 1 aliphatic heterocycles. The number of aryl methyl sites for hydroxylation is 1. The molecule has 1 saturated carbocycles. The van der Waals surface area contributed by atoms with Gasteiger partial charge in [0.05, 0.1) is 0 Å². The molecule has 0 atom stereocenters. The van der Waals surface area contributed by atoms with E-state index in [9.17, 15) is 0 Å². The highest BCUT2D eigenvalue weighted by atomic mass is 15.3. The lowest BCUT2D eigenvalue weighted by atomic mass is 10.0. The van der Waals surface area contributed by atoms with Crippen molar-refractivity contribution in [2.45, 2.75) is 38.5 Å². The molecule has 3 rings (SSSR count). The van der Waals surface area contributed by atoms with Gasteiger partial charge in [-0.1, -0.05) is 12.8 Å². The van der Waals surface area contributed by atoms with Crippen molar-refractivity contribution in [2.24, 2.45) is 0 Å². The Bertz CT molecular complexity index is 406. The summed E-state index contributed by atoms with van der Waals surface area (Å²) in [5, 5.41) is 3.37. The largest absolute Gasteiger partial charge is 0.338 e. The fourth-order valence-corrected chi connectivity index (χ4v) is 3.01. The van der Waals surface area contributed by atoms with Crippen molar-refractivity contribution in [3.05, 3.63) is 17.5 Å². The number of hydrogen-bond acceptors (Lipinski definition) is 4. The number of nitrogens with zero attached hydrogens (tertiary/aromatic N) is 3. The summed E-state index contributed by atoms with van der Waals surface area (Å²) in [6, 6.07) is 2.18. The van der Waals surface area contributed by atoms with E-state index in [0.29, 0.717) is 5.92 Å². The molecule has 2 fully saturated rings. The molecule has 2 heterocycles. The molecule has 1 N–H and O–H groups in total. The predicted molar refractivity (Wildman–Crippen MR) is 73.1 cm³/mol. The topological polar surface area (TPSA) is 41.1 Å². The van der Waals surface area contributed by atoms with E-state index in [1.54, 1.807) is 0 Å². The Morgan fingerprint density at radius 2 is 1.89 bits per heavy atom. The maximum absolute atomic E-state index is 4.83. The van der Waals surface area contributed by atoms with Crippen LogP contribution in [0.25, 0.3) is 0 Å². The molecule has 1 aromatic rings. The van der Waals surface area contributed by atoms with Crippen molar-refractivity contribution in [3.63, 3.8) is 0 Å². The van der Waals surface area contributed by atoms with Crippen LogP contribution in [0.5, 0.6) is 0 Å². The fraction of sp³-hybridized carbons (Fsp3) is 0.714. The van der Waals surface area contributed by atoms with Gasteiger partial charge in [-0.25, -0.2) is 9.97 Å². The van der Waals surface area contributed by atoms with Crippen molar-refractivity contribution in [1.82, 2.24) is 15.3 Å². The zero-order chi connectivity index (χ0) is 12.4. The molecule has 1 aromatic heterocycles. The first-order chi connectivity index (χ1) is 8.83. The molecule has 1 saturated heterocycles. The normalized spacial score (nSPS) is 21.5. The molecule has 4 nitrogen and oxygen atoms in total. The zero-order valence-corrected chi connectivity index (χ0v) is 11.2. The van der Waals surface area contributed by atoms with Crippen molar-refractivity contribution in [2.75, 3.05) is 31.1 Å². The second kappa shape index (κ2) is 5.22. The number of hydrogen-bond donors (Lipinski definition) is 1. The number of rotatable bonds is 2. The van der Waals surface area contributed by atoms with E-state index in [4.69, 9.17) is 4.98 Å². The van der Waals surface area contributed by atoms with Crippen LogP contribution >= 0.6 is 0 Å². The first-order valence-corrected chi connectivity index (χ1v) is 7.14. The van der Waals surface area contributed by atoms with Crippen LogP contribution in [0.15, 0.2) is 6.07 Å². The van der Waals surface area contributed by atoms with Crippen LogP contribution in [0.2, 0.25) is 0 Å². The number of nitrogens with one attached hydrogen (secondary N) is 1. The van der Waals surface area contributed by atoms with Crippen LogP contribution < -0.4 is 10.2 Å². The third-order valence-corrected chi connectivity index (χ3v) is 4.04. The smallest absolute Gasteiger partial charge is 0.225 e. The van der Waals surface area contributed by atoms with Gasteiger partial charge in [-0.05, 0) is 25.8 Å². The van der Waals surface area contributed by atoms with E-state index in [2.05, 4.69) is 28.2 Å².